The van der Waals surface area contributed by atoms with E-state index in [9.17, 15) is 9.18 Å². The van der Waals surface area contributed by atoms with Gasteiger partial charge in [-0.15, -0.1) is 0 Å². The Labute approximate surface area is 83.3 Å². The van der Waals surface area contributed by atoms with Gasteiger partial charge in [-0.25, -0.2) is 4.39 Å². The van der Waals surface area contributed by atoms with E-state index in [4.69, 9.17) is 0 Å². The maximum Gasteiger partial charge on any atom is 0.251 e. The molecule has 0 fully saturated rings. The number of amides is 1. The van der Waals surface area contributed by atoms with Crippen LogP contribution in [0.5, 0.6) is 0 Å². The Morgan fingerprint density at radius 1 is 1.58 bits per heavy atom. The molecule has 12 heavy (non-hydrogen) atoms. The molecule has 4 heteroatoms. The molecule has 0 heterocycles. The molecule has 64 valence electrons. The van der Waals surface area contributed by atoms with Crippen molar-refractivity contribution in [2.45, 2.75) is 0 Å². The highest BCUT2D eigenvalue weighted by Crippen LogP contribution is 2.12. The molecule has 1 aromatic carbocycles. The maximum absolute atomic E-state index is 12.9. The van der Waals surface area contributed by atoms with E-state index in [1.807, 2.05) is 22.6 Å². The van der Waals surface area contributed by atoms with Crippen molar-refractivity contribution in [3.8, 4) is 0 Å². The Morgan fingerprint density at radius 3 is 2.75 bits per heavy atom. The van der Waals surface area contributed by atoms with Crippen LogP contribution in [0.15, 0.2) is 18.2 Å². The molecule has 0 aliphatic rings. The van der Waals surface area contributed by atoms with Crippen LogP contribution in [0.1, 0.15) is 10.4 Å². The lowest BCUT2D eigenvalue weighted by Gasteiger charge is -1.99. The molecule has 1 aromatic rings. The van der Waals surface area contributed by atoms with E-state index in [0.717, 1.165) is 0 Å². The summed E-state index contributed by atoms with van der Waals surface area (Å²) in [6.45, 7) is 0. The Kier molecular flexibility index (Phi) is 3.02. The van der Waals surface area contributed by atoms with E-state index in [1.165, 1.54) is 13.1 Å². The van der Waals surface area contributed by atoms with Gasteiger partial charge < -0.3 is 5.32 Å². The molecule has 1 rings (SSSR count). The van der Waals surface area contributed by atoms with Crippen LogP contribution >= 0.6 is 22.6 Å². The Balaban J connectivity index is 3.05. The van der Waals surface area contributed by atoms with Gasteiger partial charge in [-0.05, 0) is 40.8 Å². The summed E-state index contributed by atoms with van der Waals surface area (Å²) >= 11 is 1.87. The van der Waals surface area contributed by atoms with Crippen LogP contribution < -0.4 is 5.32 Å². The predicted molar refractivity (Wildman–Crippen MR) is 52.5 cm³/mol. The van der Waals surface area contributed by atoms with Crippen molar-refractivity contribution in [2.75, 3.05) is 7.05 Å². The number of halogens is 2. The summed E-state index contributed by atoms with van der Waals surface area (Å²) in [4.78, 5) is 11.0. The van der Waals surface area contributed by atoms with E-state index < -0.39 is 0 Å². The fraction of sp³-hybridized carbons (Fsp3) is 0.125. The molecule has 0 radical (unpaired) electrons. The van der Waals surface area contributed by atoms with Crippen molar-refractivity contribution >= 4 is 28.5 Å². The minimum Gasteiger partial charge on any atom is -0.355 e. The largest absolute Gasteiger partial charge is 0.355 e. The zero-order chi connectivity index (χ0) is 9.14. The fourth-order valence-electron chi connectivity index (χ4n) is 0.782. The molecule has 0 aliphatic carbocycles. The summed E-state index contributed by atoms with van der Waals surface area (Å²) in [5.41, 5.74) is 0.343. The van der Waals surface area contributed by atoms with Crippen molar-refractivity contribution in [1.82, 2.24) is 5.32 Å². The molecular formula is C8H7FINO. The summed E-state index contributed by atoms with van der Waals surface area (Å²) in [5, 5.41) is 2.42. The highest BCUT2D eigenvalue weighted by Gasteiger charge is 2.05. The summed E-state index contributed by atoms with van der Waals surface area (Å²) in [7, 11) is 1.51. The van der Waals surface area contributed by atoms with Gasteiger partial charge in [0, 0.05) is 16.2 Å². The topological polar surface area (TPSA) is 29.1 Å². The zero-order valence-corrected chi connectivity index (χ0v) is 8.55. The average molecular weight is 279 g/mol. The van der Waals surface area contributed by atoms with Crippen LogP contribution in [-0.4, -0.2) is 13.0 Å². The number of carbonyl (C=O) groups excluding carboxylic acids is 1. The van der Waals surface area contributed by atoms with E-state index in [1.54, 1.807) is 12.1 Å². The standard InChI is InChI=1S/C8H7FINO/c1-11-8(12)5-2-3-7(10)6(9)4-5/h2-4H,1H3,(H,11,12). The second kappa shape index (κ2) is 3.84. The smallest absolute Gasteiger partial charge is 0.251 e. The lowest BCUT2D eigenvalue weighted by Crippen LogP contribution is -2.17. The van der Waals surface area contributed by atoms with Crippen molar-refractivity contribution in [3.05, 3.63) is 33.1 Å². The monoisotopic (exact) mass is 279 g/mol. The van der Waals surface area contributed by atoms with Gasteiger partial charge in [0.05, 0.1) is 0 Å². The number of hydrogen-bond donors (Lipinski definition) is 1. The van der Waals surface area contributed by atoms with Gasteiger partial charge in [0.15, 0.2) is 0 Å². The lowest BCUT2D eigenvalue weighted by atomic mass is 10.2. The van der Waals surface area contributed by atoms with Gasteiger partial charge >= 0.3 is 0 Å². The van der Waals surface area contributed by atoms with Gasteiger partial charge in [-0.2, -0.15) is 0 Å². The van der Waals surface area contributed by atoms with Gasteiger partial charge in [0.2, 0.25) is 0 Å². The first-order valence-electron chi connectivity index (χ1n) is 3.32. The van der Waals surface area contributed by atoms with Crippen molar-refractivity contribution < 1.29 is 9.18 Å². The third-order valence-corrected chi connectivity index (χ3v) is 2.28. The van der Waals surface area contributed by atoms with Crippen molar-refractivity contribution in [1.29, 1.82) is 0 Å². The zero-order valence-electron chi connectivity index (χ0n) is 6.40. The quantitative estimate of drug-likeness (QED) is 0.780. The molecule has 1 N–H and O–H groups in total. The Morgan fingerprint density at radius 2 is 2.25 bits per heavy atom. The van der Waals surface area contributed by atoms with Crippen LogP contribution in [0.25, 0.3) is 0 Å². The summed E-state index contributed by atoms with van der Waals surface area (Å²) in [6.07, 6.45) is 0. The van der Waals surface area contributed by atoms with Crippen LogP contribution in [0.3, 0.4) is 0 Å². The predicted octanol–water partition coefficient (Wildman–Crippen LogP) is 1.79. The summed E-state index contributed by atoms with van der Waals surface area (Å²) < 4.78 is 13.4. The summed E-state index contributed by atoms with van der Waals surface area (Å²) in [6, 6.07) is 4.38. The van der Waals surface area contributed by atoms with Crippen molar-refractivity contribution in [2.24, 2.45) is 0 Å². The molecule has 0 spiro atoms. The summed E-state index contributed by atoms with van der Waals surface area (Å²) in [5.74, 6) is -0.637. The molecule has 0 aromatic heterocycles. The molecule has 1 amide bonds. The minimum absolute atomic E-state index is 0.273. The van der Waals surface area contributed by atoms with E-state index in [0.29, 0.717) is 9.13 Å². The molecule has 0 aliphatic heterocycles. The minimum atomic E-state index is -0.364. The van der Waals surface area contributed by atoms with Crippen LogP contribution in [0, 0.1) is 9.39 Å². The first-order chi connectivity index (χ1) is 5.65. The molecule has 0 atom stereocenters. The molecule has 2 nitrogen and oxygen atoms in total. The lowest BCUT2D eigenvalue weighted by molar-refractivity contribution is 0.0962. The normalized spacial score (nSPS) is 9.58. The third kappa shape index (κ3) is 1.94. The second-order valence-corrected chi connectivity index (χ2v) is 3.37. The van der Waals surface area contributed by atoms with Crippen LogP contribution in [0.2, 0.25) is 0 Å². The average Bonchev–Trinajstić information content (AvgIpc) is 2.08. The molecule has 0 saturated carbocycles. The van der Waals surface area contributed by atoms with Crippen molar-refractivity contribution in [3.63, 3.8) is 0 Å². The Hall–Kier alpha value is -0.650. The number of nitrogens with one attached hydrogen (secondary N) is 1. The SMILES string of the molecule is CNC(=O)c1ccc(I)c(F)c1. The van der Waals surface area contributed by atoms with E-state index in [2.05, 4.69) is 5.32 Å². The van der Waals surface area contributed by atoms with E-state index in [-0.39, 0.29) is 11.7 Å². The molecular weight excluding hydrogens is 272 g/mol. The van der Waals surface area contributed by atoms with Gasteiger partial charge in [0.1, 0.15) is 5.82 Å². The molecule has 0 unspecified atom stereocenters. The number of carbonyl (C=O) groups is 1. The number of benzene rings is 1. The second-order valence-electron chi connectivity index (χ2n) is 2.21. The van der Waals surface area contributed by atoms with E-state index >= 15 is 0 Å². The van der Waals surface area contributed by atoms with Crippen LogP contribution in [0.4, 0.5) is 4.39 Å². The highest BCUT2D eigenvalue weighted by atomic mass is 127. The third-order valence-electron chi connectivity index (χ3n) is 1.41. The number of hydrogen-bond acceptors (Lipinski definition) is 1. The first kappa shape index (κ1) is 9.44. The maximum atomic E-state index is 12.9. The molecule has 0 saturated heterocycles. The molecule has 0 bridgehead atoms. The van der Waals surface area contributed by atoms with Crippen LogP contribution in [-0.2, 0) is 0 Å². The fourth-order valence-corrected chi connectivity index (χ4v) is 1.12. The van der Waals surface area contributed by atoms with Gasteiger partial charge in [-0.3, -0.25) is 4.79 Å². The number of rotatable bonds is 1. The highest BCUT2D eigenvalue weighted by molar-refractivity contribution is 14.1. The first-order valence-corrected chi connectivity index (χ1v) is 4.40. The van der Waals surface area contributed by atoms with Gasteiger partial charge in [0.25, 0.3) is 5.91 Å². The van der Waals surface area contributed by atoms with Gasteiger partial charge in [-0.1, -0.05) is 0 Å². The Bertz CT molecular complexity index is 314.